The topological polar surface area (TPSA) is 47.0 Å². The lowest BCUT2D eigenvalue weighted by Crippen LogP contribution is -2.37. The number of rotatable bonds is 6. The Labute approximate surface area is 155 Å². The fourth-order valence-electron chi connectivity index (χ4n) is 2.78. The maximum atomic E-state index is 12.3. The molecule has 0 bridgehead atoms. The molecule has 5 heteroatoms. The van der Waals surface area contributed by atoms with E-state index in [1.807, 2.05) is 70.9 Å². The third-order valence-corrected chi connectivity index (χ3v) is 4.96. The summed E-state index contributed by atoms with van der Waals surface area (Å²) in [7, 11) is 0. The number of carbonyl (C=O) groups is 1. The fraction of sp³-hybridized carbons (Fsp3) is 0.0952. The molecule has 0 saturated heterocycles. The summed E-state index contributed by atoms with van der Waals surface area (Å²) in [6.45, 7) is 0.305. The Kier molecular flexibility index (Phi) is 4.71. The van der Waals surface area contributed by atoms with Crippen molar-refractivity contribution in [2.45, 2.75) is 13.0 Å². The summed E-state index contributed by atoms with van der Waals surface area (Å²) < 4.78 is 7.38. The van der Waals surface area contributed by atoms with E-state index in [0.29, 0.717) is 12.3 Å². The van der Waals surface area contributed by atoms with Gasteiger partial charge in [0.05, 0.1) is 16.1 Å². The van der Waals surface area contributed by atoms with E-state index in [-0.39, 0.29) is 5.78 Å². The molecule has 4 aromatic rings. The summed E-state index contributed by atoms with van der Waals surface area (Å²) in [5.41, 5.74) is 2.98. The van der Waals surface area contributed by atoms with Crippen LogP contribution >= 0.6 is 11.3 Å². The van der Waals surface area contributed by atoms with Gasteiger partial charge in [0.25, 0.3) is 0 Å². The van der Waals surface area contributed by atoms with Crippen LogP contribution < -0.4 is 4.57 Å². The van der Waals surface area contributed by atoms with Crippen LogP contribution in [0.15, 0.2) is 83.0 Å². The molecule has 3 heterocycles. The standard InChI is InChI=1S/C21H17N2O2S/c24-19(21-9-5-11-26-21)15-23-10-4-8-17(14-23)20-13-18(22-25-20)12-16-6-2-1-3-7-16/h1-11,13-14H,12,15H2/q+1. The van der Waals surface area contributed by atoms with Crippen molar-refractivity contribution in [1.82, 2.24) is 5.16 Å². The molecule has 0 aliphatic carbocycles. The predicted molar refractivity (Wildman–Crippen MR) is 100 cm³/mol. The van der Waals surface area contributed by atoms with E-state index < -0.39 is 0 Å². The van der Waals surface area contributed by atoms with Crippen LogP contribution in [0.2, 0.25) is 0 Å². The van der Waals surface area contributed by atoms with Crippen molar-refractivity contribution >= 4 is 17.1 Å². The van der Waals surface area contributed by atoms with Gasteiger partial charge >= 0.3 is 0 Å². The van der Waals surface area contributed by atoms with Gasteiger partial charge < -0.3 is 4.52 Å². The van der Waals surface area contributed by atoms with E-state index in [1.165, 1.54) is 16.9 Å². The highest BCUT2D eigenvalue weighted by atomic mass is 32.1. The SMILES string of the molecule is O=C(C[n+]1cccc(-c2cc(Cc3ccccc3)no2)c1)c1cccs1. The zero-order valence-corrected chi connectivity index (χ0v) is 14.9. The normalized spacial score (nSPS) is 10.8. The second-order valence-corrected chi connectivity index (χ2v) is 6.96. The zero-order chi connectivity index (χ0) is 17.8. The predicted octanol–water partition coefficient (Wildman–Crippen LogP) is 4.16. The van der Waals surface area contributed by atoms with Gasteiger partial charge in [-0.2, -0.15) is 4.57 Å². The van der Waals surface area contributed by atoms with E-state index in [2.05, 4.69) is 17.3 Å². The third kappa shape index (κ3) is 3.78. The number of carbonyl (C=O) groups excluding carboxylic acids is 1. The first kappa shape index (κ1) is 16.4. The van der Waals surface area contributed by atoms with Crippen molar-refractivity contribution < 1.29 is 13.9 Å². The van der Waals surface area contributed by atoms with Crippen molar-refractivity contribution in [3.05, 3.63) is 94.6 Å². The van der Waals surface area contributed by atoms with Gasteiger partial charge in [-0.1, -0.05) is 41.6 Å². The molecule has 0 aliphatic rings. The van der Waals surface area contributed by atoms with Gasteiger partial charge in [0.2, 0.25) is 12.3 Å². The minimum Gasteiger partial charge on any atom is -0.356 e. The summed E-state index contributed by atoms with van der Waals surface area (Å²) in [5, 5.41) is 6.08. The molecule has 0 N–H and O–H groups in total. The summed E-state index contributed by atoms with van der Waals surface area (Å²) in [6, 6.07) is 19.7. The molecule has 4 rings (SSSR count). The number of pyridine rings is 1. The molecule has 26 heavy (non-hydrogen) atoms. The molecule has 0 radical (unpaired) electrons. The summed E-state index contributed by atoms with van der Waals surface area (Å²) >= 11 is 1.46. The first-order chi connectivity index (χ1) is 12.8. The van der Waals surface area contributed by atoms with E-state index in [9.17, 15) is 4.79 Å². The van der Waals surface area contributed by atoms with Gasteiger partial charge in [-0.15, -0.1) is 11.3 Å². The van der Waals surface area contributed by atoms with Crippen LogP contribution in [0.4, 0.5) is 0 Å². The Morgan fingerprint density at radius 2 is 1.96 bits per heavy atom. The van der Waals surface area contributed by atoms with E-state index >= 15 is 0 Å². The average Bonchev–Trinajstić information content (AvgIpc) is 3.35. The van der Waals surface area contributed by atoms with Crippen LogP contribution in [0.1, 0.15) is 20.9 Å². The van der Waals surface area contributed by atoms with Crippen molar-refractivity contribution in [3.63, 3.8) is 0 Å². The second-order valence-electron chi connectivity index (χ2n) is 6.01. The van der Waals surface area contributed by atoms with Gasteiger partial charge in [-0.3, -0.25) is 4.79 Å². The Hall–Kier alpha value is -3.05. The van der Waals surface area contributed by atoms with Crippen LogP contribution in [0.5, 0.6) is 0 Å². The lowest BCUT2D eigenvalue weighted by Gasteiger charge is -1.97. The molecule has 0 aliphatic heterocycles. The molecule has 0 fully saturated rings. The number of ketones is 1. The van der Waals surface area contributed by atoms with E-state index in [1.54, 1.807) is 0 Å². The highest BCUT2D eigenvalue weighted by molar-refractivity contribution is 7.12. The third-order valence-electron chi connectivity index (χ3n) is 4.05. The summed E-state index contributed by atoms with van der Waals surface area (Å²) in [4.78, 5) is 13.1. The van der Waals surface area contributed by atoms with Gasteiger partial charge in [0, 0.05) is 18.6 Å². The number of Topliss-reactive ketones (excluding diaryl/α,β-unsaturated/α-hetero) is 1. The molecule has 128 valence electrons. The van der Waals surface area contributed by atoms with Gasteiger partial charge in [0.15, 0.2) is 18.2 Å². The molecule has 0 atom stereocenters. The van der Waals surface area contributed by atoms with Gasteiger partial charge in [-0.25, -0.2) is 0 Å². The number of benzene rings is 1. The average molecular weight is 361 g/mol. The van der Waals surface area contributed by atoms with Crippen molar-refractivity contribution in [2.75, 3.05) is 0 Å². The molecule has 4 nitrogen and oxygen atoms in total. The largest absolute Gasteiger partial charge is 0.356 e. The first-order valence-corrected chi connectivity index (χ1v) is 9.21. The summed E-state index contributed by atoms with van der Waals surface area (Å²) in [6.07, 6.45) is 4.53. The fourth-order valence-corrected chi connectivity index (χ4v) is 3.44. The smallest absolute Gasteiger partial charge is 0.237 e. The second kappa shape index (κ2) is 7.45. The van der Waals surface area contributed by atoms with Crippen molar-refractivity contribution in [1.29, 1.82) is 0 Å². The highest BCUT2D eigenvalue weighted by Crippen LogP contribution is 2.20. The Morgan fingerprint density at radius 3 is 2.77 bits per heavy atom. The van der Waals surface area contributed by atoms with Crippen LogP contribution in [0, 0.1) is 0 Å². The zero-order valence-electron chi connectivity index (χ0n) is 14.0. The number of thiophene rings is 1. The Bertz CT molecular complexity index is 1010. The van der Waals surface area contributed by atoms with Crippen molar-refractivity contribution in [2.24, 2.45) is 0 Å². The number of hydrogen-bond donors (Lipinski definition) is 0. The maximum Gasteiger partial charge on any atom is 0.237 e. The van der Waals surface area contributed by atoms with Crippen LogP contribution in [-0.4, -0.2) is 10.9 Å². The quantitative estimate of drug-likeness (QED) is 0.383. The van der Waals surface area contributed by atoms with Crippen LogP contribution in [0.3, 0.4) is 0 Å². The van der Waals surface area contributed by atoms with Gasteiger partial charge in [-0.05, 0) is 23.1 Å². The maximum absolute atomic E-state index is 12.3. The lowest BCUT2D eigenvalue weighted by atomic mass is 10.1. The molecule has 0 amide bonds. The van der Waals surface area contributed by atoms with Crippen molar-refractivity contribution in [3.8, 4) is 11.3 Å². The van der Waals surface area contributed by atoms with Crippen LogP contribution in [-0.2, 0) is 13.0 Å². The molecule has 1 aromatic carbocycles. The monoisotopic (exact) mass is 361 g/mol. The van der Waals surface area contributed by atoms with Gasteiger partial charge in [0.1, 0.15) is 0 Å². The Balaban J connectivity index is 1.51. The van der Waals surface area contributed by atoms with E-state index in [0.717, 1.165) is 22.6 Å². The summed E-state index contributed by atoms with van der Waals surface area (Å²) in [5.74, 6) is 0.804. The number of nitrogens with zero attached hydrogens (tertiary/aromatic N) is 2. The molecular formula is C21H17N2O2S+. The highest BCUT2D eigenvalue weighted by Gasteiger charge is 2.15. The minimum absolute atomic E-state index is 0.101. The van der Waals surface area contributed by atoms with Crippen LogP contribution in [0.25, 0.3) is 11.3 Å². The minimum atomic E-state index is 0.101. The van der Waals surface area contributed by atoms with E-state index in [4.69, 9.17) is 4.52 Å². The Morgan fingerprint density at radius 1 is 1.08 bits per heavy atom. The molecule has 3 aromatic heterocycles. The molecule has 0 spiro atoms. The number of aromatic nitrogens is 2. The number of hydrogen-bond acceptors (Lipinski definition) is 4. The molecular weight excluding hydrogens is 344 g/mol. The molecule has 0 unspecified atom stereocenters. The molecule has 0 saturated carbocycles. The first-order valence-electron chi connectivity index (χ1n) is 8.33. The lowest BCUT2D eigenvalue weighted by molar-refractivity contribution is -0.682.